The minimum Gasteiger partial charge on any atom is -0.306 e. The van der Waals surface area contributed by atoms with Gasteiger partial charge >= 0.3 is 0 Å². The van der Waals surface area contributed by atoms with Crippen molar-refractivity contribution in [3.63, 3.8) is 0 Å². The molecular formula is C12H18N4. The molecule has 4 nitrogen and oxygen atoms in total. The largest absolute Gasteiger partial charge is 0.306 e. The molecule has 0 atom stereocenters. The zero-order chi connectivity index (χ0) is 11.6. The summed E-state index contributed by atoms with van der Waals surface area (Å²) in [5.41, 5.74) is 1.30. The highest BCUT2D eigenvalue weighted by Crippen LogP contribution is 2.09. The van der Waals surface area contributed by atoms with Gasteiger partial charge in [-0.15, -0.1) is 0 Å². The van der Waals surface area contributed by atoms with E-state index in [1.165, 1.54) is 0 Å². The summed E-state index contributed by atoms with van der Waals surface area (Å²) in [5, 5.41) is 3.51. The molecule has 0 aromatic carbocycles. The van der Waals surface area contributed by atoms with Crippen LogP contribution in [0.2, 0.25) is 0 Å². The molecule has 2 heterocycles. The Hall–Kier alpha value is -1.42. The summed E-state index contributed by atoms with van der Waals surface area (Å²) in [5.74, 6) is 0.758. The molecule has 0 fully saturated rings. The van der Waals surface area contributed by atoms with Crippen LogP contribution in [0.15, 0.2) is 24.7 Å². The first-order valence-corrected chi connectivity index (χ1v) is 5.64. The van der Waals surface area contributed by atoms with Crippen LogP contribution in [0.25, 0.3) is 5.78 Å². The number of imidazole rings is 1. The lowest BCUT2D eigenvalue weighted by atomic mass is 10.0. The maximum atomic E-state index is 4.26. The molecule has 0 aliphatic rings. The Morgan fingerprint density at radius 1 is 1.38 bits per heavy atom. The molecular weight excluding hydrogens is 200 g/mol. The first-order valence-electron chi connectivity index (χ1n) is 5.64. The molecule has 2 aromatic heterocycles. The Bertz CT molecular complexity index is 473. The average Bonchev–Trinajstić information content (AvgIpc) is 2.70. The van der Waals surface area contributed by atoms with Crippen LogP contribution in [-0.4, -0.2) is 19.9 Å². The van der Waals surface area contributed by atoms with Crippen molar-refractivity contribution in [2.24, 2.45) is 0 Å². The quantitative estimate of drug-likeness (QED) is 0.853. The lowest BCUT2D eigenvalue weighted by Gasteiger charge is -2.24. The normalized spacial score (nSPS) is 12.2. The Labute approximate surface area is 95.7 Å². The zero-order valence-electron chi connectivity index (χ0n) is 10.1. The smallest absolute Gasteiger partial charge is 0.233 e. The Kier molecular flexibility index (Phi) is 2.92. The maximum absolute atomic E-state index is 4.26. The fraction of sp³-hybridized carbons (Fsp3) is 0.500. The summed E-state index contributed by atoms with van der Waals surface area (Å²) in [7, 11) is 0. The van der Waals surface area contributed by atoms with Gasteiger partial charge in [-0.3, -0.25) is 4.40 Å². The second-order valence-electron chi connectivity index (χ2n) is 4.63. The van der Waals surface area contributed by atoms with E-state index in [0.29, 0.717) is 0 Å². The highest BCUT2D eigenvalue weighted by molar-refractivity contribution is 5.30. The standard InChI is InChI=1S/C12H18N4/c1-4-12(2,3)15-9-10-8-14-11-13-6-5-7-16(10)11/h5-8,15H,4,9H2,1-3H3. The van der Waals surface area contributed by atoms with Gasteiger partial charge in [0.2, 0.25) is 5.78 Å². The van der Waals surface area contributed by atoms with Crippen molar-refractivity contribution in [3.8, 4) is 0 Å². The van der Waals surface area contributed by atoms with Crippen LogP contribution in [-0.2, 0) is 6.54 Å². The van der Waals surface area contributed by atoms with Crippen molar-refractivity contribution >= 4 is 5.78 Å². The van der Waals surface area contributed by atoms with Crippen molar-refractivity contribution < 1.29 is 0 Å². The summed E-state index contributed by atoms with van der Waals surface area (Å²) in [6.45, 7) is 7.40. The highest BCUT2D eigenvalue weighted by atomic mass is 15.1. The zero-order valence-corrected chi connectivity index (χ0v) is 10.1. The van der Waals surface area contributed by atoms with E-state index >= 15 is 0 Å². The van der Waals surface area contributed by atoms with Gasteiger partial charge in [0.1, 0.15) is 0 Å². The highest BCUT2D eigenvalue weighted by Gasteiger charge is 2.14. The number of nitrogens with zero attached hydrogens (tertiary/aromatic N) is 3. The Balaban J connectivity index is 2.16. The number of hydrogen-bond acceptors (Lipinski definition) is 3. The molecule has 0 saturated carbocycles. The van der Waals surface area contributed by atoms with Gasteiger partial charge in [-0.05, 0) is 26.3 Å². The van der Waals surface area contributed by atoms with E-state index in [1.807, 2.05) is 22.9 Å². The van der Waals surface area contributed by atoms with Crippen LogP contribution in [0, 0.1) is 0 Å². The van der Waals surface area contributed by atoms with Crippen LogP contribution in [0.1, 0.15) is 32.9 Å². The number of nitrogens with one attached hydrogen (secondary N) is 1. The minimum absolute atomic E-state index is 0.159. The number of rotatable bonds is 4. The van der Waals surface area contributed by atoms with Gasteiger partial charge in [0, 0.05) is 24.5 Å². The third kappa shape index (κ3) is 2.22. The fourth-order valence-electron chi connectivity index (χ4n) is 1.46. The second-order valence-corrected chi connectivity index (χ2v) is 4.63. The number of aromatic nitrogens is 3. The topological polar surface area (TPSA) is 42.2 Å². The first-order chi connectivity index (χ1) is 7.62. The minimum atomic E-state index is 0.159. The van der Waals surface area contributed by atoms with Crippen LogP contribution < -0.4 is 5.32 Å². The first kappa shape index (κ1) is 11.1. The van der Waals surface area contributed by atoms with Crippen LogP contribution >= 0.6 is 0 Å². The molecule has 4 heteroatoms. The van der Waals surface area contributed by atoms with E-state index in [-0.39, 0.29) is 5.54 Å². The van der Waals surface area contributed by atoms with E-state index in [0.717, 1.165) is 24.4 Å². The fourth-order valence-corrected chi connectivity index (χ4v) is 1.46. The molecule has 2 aromatic rings. The van der Waals surface area contributed by atoms with Crippen LogP contribution in [0.3, 0.4) is 0 Å². The van der Waals surface area contributed by atoms with E-state index in [1.54, 1.807) is 6.20 Å². The molecule has 1 N–H and O–H groups in total. The predicted octanol–water partition coefficient (Wildman–Crippen LogP) is 2.01. The molecule has 0 radical (unpaired) electrons. The number of fused-ring (bicyclic) bond motifs is 1. The van der Waals surface area contributed by atoms with E-state index in [9.17, 15) is 0 Å². The molecule has 16 heavy (non-hydrogen) atoms. The van der Waals surface area contributed by atoms with E-state index in [4.69, 9.17) is 0 Å². The van der Waals surface area contributed by atoms with Crippen molar-refractivity contribution in [1.29, 1.82) is 0 Å². The van der Waals surface area contributed by atoms with Crippen molar-refractivity contribution in [2.75, 3.05) is 0 Å². The van der Waals surface area contributed by atoms with Crippen molar-refractivity contribution in [3.05, 3.63) is 30.4 Å². The molecule has 0 spiro atoms. The molecule has 0 aliphatic heterocycles. The Morgan fingerprint density at radius 3 is 2.94 bits per heavy atom. The summed E-state index contributed by atoms with van der Waals surface area (Å²) in [4.78, 5) is 8.45. The van der Waals surface area contributed by atoms with Gasteiger partial charge in [-0.1, -0.05) is 6.92 Å². The molecule has 2 rings (SSSR count). The Morgan fingerprint density at radius 2 is 2.19 bits per heavy atom. The molecule has 0 bridgehead atoms. The molecule has 0 aliphatic carbocycles. The third-order valence-corrected chi connectivity index (χ3v) is 3.00. The lowest BCUT2D eigenvalue weighted by Crippen LogP contribution is -2.38. The average molecular weight is 218 g/mol. The van der Waals surface area contributed by atoms with Crippen LogP contribution in [0.5, 0.6) is 0 Å². The summed E-state index contributed by atoms with van der Waals surface area (Å²) >= 11 is 0. The van der Waals surface area contributed by atoms with Crippen molar-refractivity contribution in [2.45, 2.75) is 39.3 Å². The molecule has 0 amide bonds. The lowest BCUT2D eigenvalue weighted by molar-refractivity contribution is 0.372. The van der Waals surface area contributed by atoms with Gasteiger partial charge in [0.15, 0.2) is 0 Å². The SMILES string of the molecule is CCC(C)(C)NCc1cnc2ncccn12. The summed E-state index contributed by atoms with van der Waals surface area (Å²) in [6, 6.07) is 1.92. The summed E-state index contributed by atoms with van der Waals surface area (Å²) < 4.78 is 2.01. The molecule has 86 valence electrons. The van der Waals surface area contributed by atoms with Gasteiger partial charge in [0.05, 0.1) is 11.9 Å². The third-order valence-electron chi connectivity index (χ3n) is 3.00. The van der Waals surface area contributed by atoms with Crippen LogP contribution in [0.4, 0.5) is 0 Å². The van der Waals surface area contributed by atoms with E-state index < -0.39 is 0 Å². The van der Waals surface area contributed by atoms with Gasteiger partial charge in [-0.25, -0.2) is 9.97 Å². The maximum Gasteiger partial charge on any atom is 0.233 e. The van der Waals surface area contributed by atoms with Gasteiger partial charge < -0.3 is 5.32 Å². The molecule has 0 unspecified atom stereocenters. The monoisotopic (exact) mass is 218 g/mol. The van der Waals surface area contributed by atoms with Gasteiger partial charge in [0.25, 0.3) is 0 Å². The summed E-state index contributed by atoms with van der Waals surface area (Å²) in [6.07, 6.45) is 6.73. The second kappa shape index (κ2) is 4.22. The molecule has 0 saturated heterocycles. The van der Waals surface area contributed by atoms with E-state index in [2.05, 4.69) is 36.1 Å². The predicted molar refractivity (Wildman–Crippen MR) is 64.2 cm³/mol. The number of hydrogen-bond donors (Lipinski definition) is 1. The van der Waals surface area contributed by atoms with Gasteiger partial charge in [-0.2, -0.15) is 0 Å². The van der Waals surface area contributed by atoms with Crippen molar-refractivity contribution in [1.82, 2.24) is 19.7 Å².